The third-order valence-electron chi connectivity index (χ3n) is 2.19. The topological polar surface area (TPSA) is 104 Å². The summed E-state index contributed by atoms with van der Waals surface area (Å²) in [6, 6.07) is 2.01. The summed E-state index contributed by atoms with van der Waals surface area (Å²) in [4.78, 5) is 22.6. The Morgan fingerprint density at radius 2 is 2.00 bits per heavy atom. The van der Waals surface area contributed by atoms with Gasteiger partial charge in [-0.1, -0.05) is 23.2 Å². The highest BCUT2D eigenvalue weighted by atomic mass is 35.5. The lowest BCUT2D eigenvalue weighted by molar-refractivity contribution is 0.0698. The maximum absolute atomic E-state index is 11.6. The van der Waals surface area contributed by atoms with Crippen LogP contribution in [0.25, 0.3) is 0 Å². The standard InChI is InChI=1S/C11H13Cl2N3O3/c12-6-4-7(10(17)18)9(8(13)5-6)16-11(19)15-3-1-2-14/h4-5H,1-3,14H2,(H,17,18)(H2,15,16,19). The molecule has 0 heterocycles. The normalized spacial score (nSPS) is 10.1. The number of carboxylic acids is 1. The Kier molecular flexibility index (Phi) is 5.88. The summed E-state index contributed by atoms with van der Waals surface area (Å²) in [5, 5.41) is 14.2. The lowest BCUT2D eigenvalue weighted by Crippen LogP contribution is -2.31. The van der Waals surface area contributed by atoms with Gasteiger partial charge in [0, 0.05) is 11.6 Å². The van der Waals surface area contributed by atoms with Gasteiger partial charge in [-0.2, -0.15) is 0 Å². The second kappa shape index (κ2) is 7.18. The maximum atomic E-state index is 11.6. The molecule has 0 saturated heterocycles. The summed E-state index contributed by atoms with van der Waals surface area (Å²) in [7, 11) is 0. The molecule has 104 valence electrons. The highest BCUT2D eigenvalue weighted by Gasteiger charge is 2.17. The van der Waals surface area contributed by atoms with E-state index >= 15 is 0 Å². The number of nitrogens with two attached hydrogens (primary N) is 1. The van der Waals surface area contributed by atoms with Crippen molar-refractivity contribution in [2.24, 2.45) is 5.73 Å². The molecule has 1 rings (SSSR count). The molecule has 0 aromatic heterocycles. The van der Waals surface area contributed by atoms with E-state index < -0.39 is 12.0 Å². The molecule has 0 bridgehead atoms. The van der Waals surface area contributed by atoms with Crippen LogP contribution in [-0.2, 0) is 0 Å². The summed E-state index contributed by atoms with van der Waals surface area (Å²) in [5.74, 6) is -1.23. The molecule has 0 aliphatic carbocycles. The van der Waals surface area contributed by atoms with E-state index in [1.54, 1.807) is 0 Å². The predicted molar refractivity (Wildman–Crippen MR) is 74.1 cm³/mol. The number of aromatic carboxylic acids is 1. The number of amides is 2. The van der Waals surface area contributed by atoms with Crippen molar-refractivity contribution in [2.75, 3.05) is 18.4 Å². The molecular weight excluding hydrogens is 293 g/mol. The summed E-state index contributed by atoms with van der Waals surface area (Å²) in [6.45, 7) is 0.832. The molecule has 2 amide bonds. The molecule has 0 aliphatic rings. The number of benzene rings is 1. The van der Waals surface area contributed by atoms with Crippen LogP contribution in [0.2, 0.25) is 10.0 Å². The van der Waals surface area contributed by atoms with Gasteiger partial charge in [-0.3, -0.25) is 0 Å². The minimum Gasteiger partial charge on any atom is -0.478 e. The van der Waals surface area contributed by atoms with E-state index in [9.17, 15) is 9.59 Å². The van der Waals surface area contributed by atoms with Gasteiger partial charge in [0.2, 0.25) is 0 Å². The summed E-state index contributed by atoms with van der Waals surface area (Å²) in [5.41, 5.74) is 5.12. The van der Waals surface area contributed by atoms with Crippen LogP contribution in [0.1, 0.15) is 16.8 Å². The molecule has 0 radical (unpaired) electrons. The molecule has 19 heavy (non-hydrogen) atoms. The van der Waals surface area contributed by atoms with Gasteiger partial charge in [-0.05, 0) is 25.1 Å². The zero-order valence-corrected chi connectivity index (χ0v) is 11.4. The molecule has 1 aromatic rings. The van der Waals surface area contributed by atoms with Crippen molar-refractivity contribution in [3.05, 3.63) is 27.7 Å². The van der Waals surface area contributed by atoms with E-state index in [1.807, 2.05) is 0 Å². The highest BCUT2D eigenvalue weighted by molar-refractivity contribution is 6.37. The zero-order chi connectivity index (χ0) is 14.4. The first kappa shape index (κ1) is 15.6. The smallest absolute Gasteiger partial charge is 0.337 e. The lowest BCUT2D eigenvalue weighted by atomic mass is 10.2. The predicted octanol–water partition coefficient (Wildman–Crippen LogP) is 2.16. The van der Waals surface area contributed by atoms with Crippen molar-refractivity contribution < 1.29 is 14.7 Å². The quantitative estimate of drug-likeness (QED) is 0.626. The van der Waals surface area contributed by atoms with Crippen molar-refractivity contribution in [2.45, 2.75) is 6.42 Å². The number of carbonyl (C=O) groups is 2. The second-order valence-corrected chi connectivity index (χ2v) is 4.48. The first-order valence-electron chi connectivity index (χ1n) is 5.43. The first-order chi connectivity index (χ1) is 8.95. The van der Waals surface area contributed by atoms with Crippen LogP contribution in [0.15, 0.2) is 12.1 Å². The largest absolute Gasteiger partial charge is 0.478 e. The molecule has 5 N–H and O–H groups in total. The van der Waals surface area contributed by atoms with Crippen molar-refractivity contribution in [1.29, 1.82) is 0 Å². The van der Waals surface area contributed by atoms with Crippen molar-refractivity contribution in [3.63, 3.8) is 0 Å². The Morgan fingerprint density at radius 3 is 2.58 bits per heavy atom. The van der Waals surface area contributed by atoms with Gasteiger partial charge in [0.1, 0.15) is 0 Å². The Balaban J connectivity index is 2.88. The summed E-state index contributed by atoms with van der Waals surface area (Å²) >= 11 is 11.6. The van der Waals surface area contributed by atoms with E-state index in [-0.39, 0.29) is 21.3 Å². The van der Waals surface area contributed by atoms with Gasteiger partial charge in [-0.15, -0.1) is 0 Å². The van der Waals surface area contributed by atoms with E-state index in [4.69, 9.17) is 34.0 Å². The average Bonchev–Trinajstić information content (AvgIpc) is 2.32. The second-order valence-electron chi connectivity index (χ2n) is 3.64. The zero-order valence-electron chi connectivity index (χ0n) is 9.87. The van der Waals surface area contributed by atoms with E-state index in [1.165, 1.54) is 12.1 Å². The van der Waals surface area contributed by atoms with Crippen LogP contribution in [-0.4, -0.2) is 30.2 Å². The van der Waals surface area contributed by atoms with E-state index in [0.29, 0.717) is 19.5 Å². The Hall–Kier alpha value is -1.50. The lowest BCUT2D eigenvalue weighted by Gasteiger charge is -2.11. The van der Waals surface area contributed by atoms with Crippen LogP contribution in [0.3, 0.4) is 0 Å². The third kappa shape index (κ3) is 4.59. The molecule has 0 unspecified atom stereocenters. The molecule has 0 saturated carbocycles. The molecular formula is C11H13Cl2N3O3. The molecule has 0 aliphatic heterocycles. The number of rotatable bonds is 5. The molecule has 0 fully saturated rings. The number of anilines is 1. The van der Waals surface area contributed by atoms with E-state index in [2.05, 4.69) is 10.6 Å². The highest BCUT2D eigenvalue weighted by Crippen LogP contribution is 2.30. The maximum Gasteiger partial charge on any atom is 0.337 e. The molecule has 6 nitrogen and oxygen atoms in total. The third-order valence-corrected chi connectivity index (χ3v) is 2.71. The number of hydrogen-bond donors (Lipinski definition) is 4. The number of nitrogens with one attached hydrogen (secondary N) is 2. The van der Waals surface area contributed by atoms with Gasteiger partial charge >= 0.3 is 12.0 Å². The van der Waals surface area contributed by atoms with Crippen molar-refractivity contribution in [1.82, 2.24) is 5.32 Å². The van der Waals surface area contributed by atoms with Crippen LogP contribution < -0.4 is 16.4 Å². The number of carbonyl (C=O) groups excluding carboxylic acids is 1. The Labute approximate surface area is 119 Å². The van der Waals surface area contributed by atoms with Gasteiger partial charge in [0.05, 0.1) is 16.3 Å². The average molecular weight is 306 g/mol. The van der Waals surface area contributed by atoms with Crippen LogP contribution in [0.4, 0.5) is 10.5 Å². The first-order valence-corrected chi connectivity index (χ1v) is 6.18. The minimum absolute atomic E-state index is 0.00353. The molecule has 1 aromatic carbocycles. The Bertz CT molecular complexity index is 494. The SMILES string of the molecule is NCCCNC(=O)Nc1c(Cl)cc(Cl)cc1C(=O)O. The van der Waals surface area contributed by atoms with Crippen molar-refractivity contribution in [3.8, 4) is 0 Å². The number of halogens is 2. The van der Waals surface area contributed by atoms with Crippen LogP contribution in [0.5, 0.6) is 0 Å². The van der Waals surface area contributed by atoms with Gasteiger partial charge in [-0.25, -0.2) is 9.59 Å². The van der Waals surface area contributed by atoms with E-state index in [0.717, 1.165) is 0 Å². The molecule has 0 atom stereocenters. The number of hydrogen-bond acceptors (Lipinski definition) is 3. The van der Waals surface area contributed by atoms with Gasteiger partial charge in [0.25, 0.3) is 0 Å². The van der Waals surface area contributed by atoms with Gasteiger partial charge < -0.3 is 21.5 Å². The fraction of sp³-hybridized carbons (Fsp3) is 0.273. The monoisotopic (exact) mass is 305 g/mol. The summed E-state index contributed by atoms with van der Waals surface area (Å²) in [6.07, 6.45) is 0.619. The minimum atomic E-state index is -1.23. The molecule has 0 spiro atoms. The Morgan fingerprint density at radius 1 is 1.32 bits per heavy atom. The number of carboxylic acid groups (broad SMARTS) is 1. The van der Waals surface area contributed by atoms with Crippen molar-refractivity contribution >= 4 is 40.9 Å². The van der Waals surface area contributed by atoms with Crippen LogP contribution in [0, 0.1) is 0 Å². The molecule has 8 heteroatoms. The fourth-order valence-electron chi connectivity index (χ4n) is 1.33. The van der Waals surface area contributed by atoms with Crippen LogP contribution >= 0.6 is 23.2 Å². The number of urea groups is 1. The fourth-order valence-corrected chi connectivity index (χ4v) is 1.87. The van der Waals surface area contributed by atoms with Gasteiger partial charge in [0.15, 0.2) is 0 Å². The summed E-state index contributed by atoms with van der Waals surface area (Å²) < 4.78 is 0.